The Bertz CT molecular complexity index is 990. The zero-order valence-corrected chi connectivity index (χ0v) is 15.8. The number of aryl methyl sites for hydroxylation is 1. The van der Waals surface area contributed by atoms with Crippen molar-refractivity contribution in [1.82, 2.24) is 9.78 Å². The van der Waals surface area contributed by atoms with Crippen molar-refractivity contribution in [2.75, 3.05) is 11.9 Å². The average molecular weight is 375 g/mol. The Morgan fingerprint density at radius 3 is 2.50 bits per heavy atom. The van der Waals surface area contributed by atoms with Crippen LogP contribution in [0.5, 0.6) is 0 Å². The Kier molecular flexibility index (Phi) is 6.01. The van der Waals surface area contributed by atoms with Gasteiger partial charge in [-0.2, -0.15) is 5.10 Å². The van der Waals surface area contributed by atoms with E-state index < -0.39 is 5.97 Å². The van der Waals surface area contributed by atoms with E-state index in [0.717, 1.165) is 16.8 Å². The van der Waals surface area contributed by atoms with Gasteiger partial charge in [-0.1, -0.05) is 48.0 Å². The minimum atomic E-state index is -0.539. The van der Waals surface area contributed by atoms with Gasteiger partial charge in [-0.05, 0) is 37.6 Å². The van der Waals surface area contributed by atoms with Crippen LogP contribution in [0.1, 0.15) is 28.4 Å². The maximum atomic E-state index is 12.5. The van der Waals surface area contributed by atoms with Gasteiger partial charge in [0.05, 0.1) is 18.5 Å². The molecule has 6 nitrogen and oxygen atoms in total. The Morgan fingerprint density at radius 2 is 1.82 bits per heavy atom. The van der Waals surface area contributed by atoms with Crippen LogP contribution in [-0.2, 0) is 9.53 Å². The van der Waals surface area contributed by atoms with Crippen molar-refractivity contribution in [3.63, 3.8) is 0 Å². The third-order valence-corrected chi connectivity index (χ3v) is 4.01. The molecule has 1 amide bonds. The lowest BCUT2D eigenvalue weighted by atomic mass is 10.1. The van der Waals surface area contributed by atoms with Gasteiger partial charge in [0.2, 0.25) is 5.91 Å². The minimum absolute atomic E-state index is 0.197. The van der Waals surface area contributed by atoms with E-state index in [1.54, 1.807) is 13.0 Å². The van der Waals surface area contributed by atoms with E-state index in [9.17, 15) is 9.59 Å². The number of hydrogen-bond donors (Lipinski definition) is 1. The fourth-order valence-corrected chi connectivity index (χ4v) is 2.60. The summed E-state index contributed by atoms with van der Waals surface area (Å²) < 4.78 is 6.58. The fourth-order valence-electron chi connectivity index (χ4n) is 2.60. The minimum Gasteiger partial charge on any atom is -0.462 e. The molecule has 3 aromatic rings. The van der Waals surface area contributed by atoms with Crippen molar-refractivity contribution < 1.29 is 14.3 Å². The quantitative estimate of drug-likeness (QED) is 0.522. The van der Waals surface area contributed by atoms with Gasteiger partial charge in [0.25, 0.3) is 0 Å². The number of carbonyl (C=O) groups excluding carboxylic acids is 2. The van der Waals surface area contributed by atoms with Gasteiger partial charge < -0.3 is 10.1 Å². The van der Waals surface area contributed by atoms with Crippen LogP contribution in [0.4, 0.5) is 5.82 Å². The molecule has 142 valence electrons. The number of esters is 1. The largest absolute Gasteiger partial charge is 0.462 e. The van der Waals surface area contributed by atoms with Crippen LogP contribution < -0.4 is 5.32 Å². The smallest absolute Gasteiger partial charge is 0.343 e. The number of rotatable bonds is 6. The maximum Gasteiger partial charge on any atom is 0.343 e. The summed E-state index contributed by atoms with van der Waals surface area (Å²) >= 11 is 0. The predicted molar refractivity (Wildman–Crippen MR) is 108 cm³/mol. The highest BCUT2D eigenvalue weighted by Gasteiger charge is 2.20. The summed E-state index contributed by atoms with van der Waals surface area (Å²) in [7, 11) is 0. The standard InChI is InChI=1S/C22H21N3O3/c1-3-28-22(27)19-15-23-25(18-7-5-4-6-8-18)21(19)24-20(26)14-13-17-11-9-16(2)10-12-17/h4-15H,3H2,1-2H3,(H,24,26). The first-order valence-corrected chi connectivity index (χ1v) is 8.94. The van der Waals surface area contributed by atoms with E-state index in [1.807, 2.05) is 61.5 Å². The molecule has 28 heavy (non-hydrogen) atoms. The molecule has 1 heterocycles. The molecule has 0 aliphatic heterocycles. The highest BCUT2D eigenvalue weighted by molar-refractivity contribution is 6.05. The lowest BCUT2D eigenvalue weighted by Crippen LogP contribution is -2.16. The summed E-state index contributed by atoms with van der Waals surface area (Å²) in [6.45, 7) is 3.96. The highest BCUT2D eigenvalue weighted by Crippen LogP contribution is 2.21. The molecule has 0 spiro atoms. The van der Waals surface area contributed by atoms with E-state index in [-0.39, 0.29) is 23.9 Å². The third-order valence-electron chi connectivity index (χ3n) is 4.01. The summed E-state index contributed by atoms with van der Waals surface area (Å²) in [5.41, 5.74) is 2.97. The second kappa shape index (κ2) is 8.81. The Hall–Kier alpha value is -3.67. The normalized spacial score (nSPS) is 10.8. The summed E-state index contributed by atoms with van der Waals surface area (Å²) in [5, 5.41) is 7.00. The molecule has 0 bridgehead atoms. The van der Waals surface area contributed by atoms with Gasteiger partial charge >= 0.3 is 5.97 Å². The van der Waals surface area contributed by atoms with Crippen LogP contribution in [0, 0.1) is 6.92 Å². The van der Waals surface area contributed by atoms with Crippen molar-refractivity contribution in [2.24, 2.45) is 0 Å². The van der Waals surface area contributed by atoms with Gasteiger partial charge in [0.15, 0.2) is 5.82 Å². The fraction of sp³-hybridized carbons (Fsp3) is 0.136. The molecule has 1 aromatic heterocycles. The van der Waals surface area contributed by atoms with Crippen molar-refractivity contribution in [3.05, 3.63) is 83.6 Å². The number of ether oxygens (including phenoxy) is 1. The zero-order valence-electron chi connectivity index (χ0n) is 15.8. The second-order valence-electron chi connectivity index (χ2n) is 6.11. The van der Waals surface area contributed by atoms with Gasteiger partial charge in [-0.25, -0.2) is 9.48 Å². The molecule has 0 aliphatic rings. The zero-order chi connectivity index (χ0) is 19.9. The average Bonchev–Trinajstić information content (AvgIpc) is 3.12. The molecule has 6 heteroatoms. The predicted octanol–water partition coefficient (Wildman–Crippen LogP) is 4.01. The summed E-state index contributed by atoms with van der Waals surface area (Å²) in [5.74, 6) is -0.644. The van der Waals surface area contributed by atoms with Crippen LogP contribution in [0.3, 0.4) is 0 Å². The molecule has 2 aromatic carbocycles. The Labute approximate surface area is 163 Å². The molecule has 0 saturated heterocycles. The van der Waals surface area contributed by atoms with E-state index in [4.69, 9.17) is 4.74 Å². The number of nitrogens with zero attached hydrogens (tertiary/aromatic N) is 2. The first-order valence-electron chi connectivity index (χ1n) is 8.94. The monoisotopic (exact) mass is 375 g/mol. The van der Waals surface area contributed by atoms with Crippen LogP contribution in [0.15, 0.2) is 66.9 Å². The molecule has 0 aliphatic carbocycles. The third kappa shape index (κ3) is 4.54. The lowest BCUT2D eigenvalue weighted by molar-refractivity contribution is -0.111. The molecule has 0 atom stereocenters. The molecule has 0 fully saturated rings. The van der Waals surface area contributed by atoms with Gasteiger partial charge in [0.1, 0.15) is 5.56 Å². The molecule has 0 saturated carbocycles. The molecular weight excluding hydrogens is 354 g/mol. The van der Waals surface area contributed by atoms with Crippen molar-refractivity contribution in [1.29, 1.82) is 0 Å². The summed E-state index contributed by atoms with van der Waals surface area (Å²) in [6, 6.07) is 17.0. The number of para-hydroxylation sites is 1. The Morgan fingerprint density at radius 1 is 1.11 bits per heavy atom. The van der Waals surface area contributed by atoms with Crippen molar-refractivity contribution >= 4 is 23.8 Å². The van der Waals surface area contributed by atoms with E-state index >= 15 is 0 Å². The molecule has 3 rings (SSSR count). The van der Waals surface area contributed by atoms with E-state index in [2.05, 4.69) is 10.4 Å². The maximum absolute atomic E-state index is 12.5. The number of benzene rings is 2. The van der Waals surface area contributed by atoms with Crippen molar-refractivity contribution in [3.8, 4) is 5.69 Å². The number of amides is 1. The topological polar surface area (TPSA) is 73.2 Å². The van der Waals surface area contributed by atoms with Crippen LogP contribution in [0.2, 0.25) is 0 Å². The number of aromatic nitrogens is 2. The summed E-state index contributed by atoms with van der Waals surface area (Å²) in [6.07, 6.45) is 4.52. The molecule has 0 radical (unpaired) electrons. The number of hydrogen-bond acceptors (Lipinski definition) is 4. The van der Waals surface area contributed by atoms with Crippen molar-refractivity contribution in [2.45, 2.75) is 13.8 Å². The van der Waals surface area contributed by atoms with E-state index in [1.165, 1.54) is 17.0 Å². The molecular formula is C22H21N3O3. The second-order valence-corrected chi connectivity index (χ2v) is 6.11. The SMILES string of the molecule is CCOC(=O)c1cnn(-c2ccccc2)c1NC(=O)C=Cc1ccc(C)cc1. The van der Waals surface area contributed by atoms with Gasteiger partial charge in [-0.3, -0.25) is 4.79 Å². The lowest BCUT2D eigenvalue weighted by Gasteiger charge is -2.10. The van der Waals surface area contributed by atoms with Gasteiger partial charge in [0, 0.05) is 6.08 Å². The first-order chi connectivity index (χ1) is 13.6. The first kappa shape index (κ1) is 19.1. The van der Waals surface area contributed by atoms with Crippen LogP contribution in [0.25, 0.3) is 11.8 Å². The number of nitrogens with one attached hydrogen (secondary N) is 1. The molecule has 1 N–H and O–H groups in total. The van der Waals surface area contributed by atoms with Crippen LogP contribution >= 0.6 is 0 Å². The highest BCUT2D eigenvalue weighted by atomic mass is 16.5. The van der Waals surface area contributed by atoms with Gasteiger partial charge in [-0.15, -0.1) is 0 Å². The summed E-state index contributed by atoms with van der Waals surface area (Å²) in [4.78, 5) is 24.7. The molecule has 0 unspecified atom stereocenters. The van der Waals surface area contributed by atoms with E-state index in [0.29, 0.717) is 0 Å². The Balaban J connectivity index is 1.88. The number of carbonyl (C=O) groups is 2. The number of anilines is 1. The van der Waals surface area contributed by atoms with Crippen LogP contribution in [-0.4, -0.2) is 28.3 Å².